The highest BCUT2D eigenvalue weighted by molar-refractivity contribution is 9.10. The molecule has 1 aromatic rings. The van der Waals surface area contributed by atoms with Crippen molar-refractivity contribution in [2.45, 2.75) is 58.1 Å². The second-order valence-corrected chi connectivity index (χ2v) is 7.69. The van der Waals surface area contributed by atoms with Crippen LogP contribution in [0.25, 0.3) is 0 Å². The molecule has 23 heavy (non-hydrogen) atoms. The number of rotatable bonds is 4. The van der Waals surface area contributed by atoms with Crippen LogP contribution in [-0.2, 0) is 4.74 Å². The quantitative estimate of drug-likeness (QED) is 0.773. The number of hydrogen-bond acceptors (Lipinski definition) is 5. The molecule has 0 aliphatic heterocycles. The molecule has 0 aromatic carbocycles. The first kappa shape index (κ1) is 18.0. The van der Waals surface area contributed by atoms with Crippen LogP contribution in [0.3, 0.4) is 0 Å². The molecule has 1 aromatic heterocycles. The van der Waals surface area contributed by atoms with Gasteiger partial charge in [0.2, 0.25) is 0 Å². The second-order valence-electron chi connectivity index (χ2n) is 6.99. The van der Waals surface area contributed by atoms with E-state index in [1.165, 1.54) is 0 Å². The first-order valence-electron chi connectivity index (χ1n) is 8.03. The van der Waals surface area contributed by atoms with Crippen LogP contribution < -0.4 is 10.6 Å². The molecule has 0 radical (unpaired) electrons. The number of aromatic nitrogens is 2. The predicted octanol–water partition coefficient (Wildman–Crippen LogP) is 3.73. The molecule has 0 spiro atoms. The smallest absolute Gasteiger partial charge is 0.407 e. The van der Waals surface area contributed by atoms with Gasteiger partial charge < -0.3 is 15.4 Å². The lowest BCUT2D eigenvalue weighted by atomic mass is 9.86. The number of halogens is 1. The zero-order valence-corrected chi connectivity index (χ0v) is 15.5. The van der Waals surface area contributed by atoms with Crippen LogP contribution in [0.5, 0.6) is 0 Å². The summed E-state index contributed by atoms with van der Waals surface area (Å²) in [5, 5.41) is 6.34. The maximum absolute atomic E-state index is 11.8. The Labute approximate surface area is 145 Å². The van der Waals surface area contributed by atoms with Crippen molar-refractivity contribution in [2.75, 3.05) is 11.9 Å². The summed E-state index contributed by atoms with van der Waals surface area (Å²) in [6, 6.07) is 0.220. The molecule has 0 unspecified atom stereocenters. The Bertz CT molecular complexity index is 508. The number of nitrogens with zero attached hydrogens (tertiary/aromatic N) is 2. The standard InChI is InChI=1S/C16H25BrN4O2/c1-16(2,3)23-15(22)21-12-6-4-11(5-7-12)8-18-13-9-19-14(17)20-10-13/h9-12,18H,4-8H2,1-3H3,(H,21,22)/t11-,12-. The number of amides is 1. The highest BCUT2D eigenvalue weighted by atomic mass is 79.9. The van der Waals surface area contributed by atoms with E-state index < -0.39 is 5.60 Å². The summed E-state index contributed by atoms with van der Waals surface area (Å²) in [7, 11) is 0. The van der Waals surface area contributed by atoms with Crippen molar-refractivity contribution in [3.63, 3.8) is 0 Å². The number of ether oxygens (including phenoxy) is 1. The van der Waals surface area contributed by atoms with Gasteiger partial charge in [-0.2, -0.15) is 0 Å². The van der Waals surface area contributed by atoms with Crippen molar-refractivity contribution in [3.8, 4) is 0 Å². The lowest BCUT2D eigenvalue weighted by Gasteiger charge is -2.30. The molecule has 1 fully saturated rings. The van der Waals surface area contributed by atoms with Gasteiger partial charge in [-0.15, -0.1) is 0 Å². The van der Waals surface area contributed by atoms with Crippen molar-refractivity contribution >= 4 is 27.7 Å². The molecule has 6 nitrogen and oxygen atoms in total. The van der Waals surface area contributed by atoms with Crippen LogP contribution >= 0.6 is 15.9 Å². The number of hydrogen-bond donors (Lipinski definition) is 2. The molecule has 0 atom stereocenters. The van der Waals surface area contributed by atoms with Gasteiger partial charge in [0, 0.05) is 12.6 Å². The summed E-state index contributed by atoms with van der Waals surface area (Å²) in [5.41, 5.74) is 0.486. The third-order valence-electron chi connectivity index (χ3n) is 3.78. The number of anilines is 1. The molecule has 0 bridgehead atoms. The third kappa shape index (κ3) is 6.72. The monoisotopic (exact) mass is 384 g/mol. The van der Waals surface area contributed by atoms with Crippen LogP contribution in [0.15, 0.2) is 17.1 Å². The van der Waals surface area contributed by atoms with Gasteiger partial charge in [-0.05, 0) is 68.3 Å². The van der Waals surface area contributed by atoms with Gasteiger partial charge in [-0.25, -0.2) is 14.8 Å². The lowest BCUT2D eigenvalue weighted by molar-refractivity contribution is 0.0488. The zero-order chi connectivity index (χ0) is 16.9. The summed E-state index contributed by atoms with van der Waals surface area (Å²) < 4.78 is 5.90. The van der Waals surface area contributed by atoms with E-state index in [4.69, 9.17) is 4.74 Å². The largest absolute Gasteiger partial charge is 0.444 e. The third-order valence-corrected chi connectivity index (χ3v) is 4.19. The van der Waals surface area contributed by atoms with Crippen molar-refractivity contribution < 1.29 is 9.53 Å². The molecule has 128 valence electrons. The van der Waals surface area contributed by atoms with Gasteiger partial charge in [0.1, 0.15) is 5.60 Å². The molecule has 2 N–H and O–H groups in total. The van der Waals surface area contributed by atoms with Crippen LogP contribution in [-0.4, -0.2) is 34.2 Å². The fourth-order valence-corrected chi connectivity index (χ4v) is 2.86. The molecule has 1 amide bonds. The van der Waals surface area contributed by atoms with Gasteiger partial charge in [0.15, 0.2) is 4.73 Å². The Kier molecular flexibility index (Phi) is 6.21. The minimum Gasteiger partial charge on any atom is -0.444 e. The molecule has 2 rings (SSSR count). The van der Waals surface area contributed by atoms with Crippen molar-refractivity contribution in [3.05, 3.63) is 17.1 Å². The van der Waals surface area contributed by atoms with Crippen LogP contribution in [0.1, 0.15) is 46.5 Å². The average molecular weight is 385 g/mol. The minimum atomic E-state index is -0.446. The van der Waals surface area contributed by atoms with E-state index in [0.29, 0.717) is 10.7 Å². The first-order valence-corrected chi connectivity index (χ1v) is 8.82. The molecule has 1 heterocycles. The highest BCUT2D eigenvalue weighted by Crippen LogP contribution is 2.25. The fraction of sp³-hybridized carbons (Fsp3) is 0.688. The summed E-state index contributed by atoms with van der Waals surface area (Å²) in [4.78, 5) is 20.0. The van der Waals surface area contributed by atoms with E-state index in [9.17, 15) is 4.79 Å². The van der Waals surface area contributed by atoms with Gasteiger partial charge in [-0.3, -0.25) is 0 Å². The Morgan fingerprint density at radius 2 is 1.87 bits per heavy atom. The summed E-state index contributed by atoms with van der Waals surface area (Å²) in [5.74, 6) is 0.607. The van der Waals surface area contributed by atoms with E-state index >= 15 is 0 Å². The van der Waals surface area contributed by atoms with E-state index in [-0.39, 0.29) is 12.1 Å². The maximum atomic E-state index is 11.8. The van der Waals surface area contributed by atoms with Gasteiger partial charge in [-0.1, -0.05) is 0 Å². The fourth-order valence-electron chi connectivity index (χ4n) is 2.65. The molecule has 7 heteroatoms. The molecule has 1 saturated carbocycles. The summed E-state index contributed by atoms with van der Waals surface area (Å²) >= 11 is 3.22. The lowest BCUT2D eigenvalue weighted by Crippen LogP contribution is -2.41. The number of carbonyl (C=O) groups excluding carboxylic acids is 1. The molecular formula is C16H25BrN4O2. The second kappa shape index (κ2) is 7.95. The average Bonchev–Trinajstić information content (AvgIpc) is 2.46. The normalized spacial score (nSPS) is 21.6. The van der Waals surface area contributed by atoms with Gasteiger partial charge in [0.05, 0.1) is 18.1 Å². The maximum Gasteiger partial charge on any atom is 0.407 e. The Morgan fingerprint density at radius 3 is 2.43 bits per heavy atom. The van der Waals surface area contributed by atoms with E-state index in [1.54, 1.807) is 12.4 Å². The molecule has 0 saturated heterocycles. The summed E-state index contributed by atoms with van der Waals surface area (Å²) in [6.07, 6.45) is 7.38. The van der Waals surface area contributed by atoms with Crippen molar-refractivity contribution in [1.82, 2.24) is 15.3 Å². The van der Waals surface area contributed by atoms with E-state index in [0.717, 1.165) is 37.9 Å². The molecule has 1 aliphatic carbocycles. The van der Waals surface area contributed by atoms with Crippen LogP contribution in [0.2, 0.25) is 0 Å². The number of carbonyl (C=O) groups is 1. The minimum absolute atomic E-state index is 0.220. The topological polar surface area (TPSA) is 76.1 Å². The Morgan fingerprint density at radius 1 is 1.26 bits per heavy atom. The van der Waals surface area contributed by atoms with Crippen LogP contribution in [0.4, 0.5) is 10.5 Å². The number of nitrogens with one attached hydrogen (secondary N) is 2. The van der Waals surface area contributed by atoms with Crippen molar-refractivity contribution in [1.29, 1.82) is 0 Å². The highest BCUT2D eigenvalue weighted by Gasteiger charge is 2.24. The predicted molar refractivity (Wildman–Crippen MR) is 93.3 cm³/mol. The summed E-state index contributed by atoms with van der Waals surface area (Å²) in [6.45, 7) is 6.53. The SMILES string of the molecule is CC(C)(C)OC(=O)N[C@H]1CC[C@H](CNc2cnc(Br)nc2)CC1. The van der Waals surface area contributed by atoms with Gasteiger partial charge >= 0.3 is 6.09 Å². The van der Waals surface area contributed by atoms with E-state index in [2.05, 4.69) is 36.5 Å². The zero-order valence-electron chi connectivity index (χ0n) is 13.9. The molecule has 1 aliphatic rings. The van der Waals surface area contributed by atoms with Gasteiger partial charge in [0.25, 0.3) is 0 Å². The Balaban J connectivity index is 1.67. The van der Waals surface area contributed by atoms with Crippen molar-refractivity contribution in [2.24, 2.45) is 5.92 Å². The van der Waals surface area contributed by atoms with Crippen LogP contribution in [0, 0.1) is 5.92 Å². The Hall–Kier alpha value is -1.37. The molecular weight excluding hydrogens is 360 g/mol. The first-order chi connectivity index (χ1) is 10.8. The number of alkyl carbamates (subject to hydrolysis) is 1. The van der Waals surface area contributed by atoms with E-state index in [1.807, 2.05) is 20.8 Å².